The molecular formula is C14H18N2O2S4. The molecule has 22 heavy (non-hydrogen) atoms. The first-order valence-corrected chi connectivity index (χ1v) is 8.71. The number of ether oxygens (including phenoxy) is 1. The Morgan fingerprint density at radius 1 is 0.955 bits per heavy atom. The molecule has 0 heterocycles. The van der Waals surface area contributed by atoms with Crippen LogP contribution >= 0.6 is 48.0 Å². The van der Waals surface area contributed by atoms with Gasteiger partial charge < -0.3 is 14.5 Å². The van der Waals surface area contributed by atoms with Crippen LogP contribution in [0.1, 0.15) is 10.4 Å². The number of nitrogens with zero attached hydrogens (tertiary/aromatic N) is 2. The molecule has 0 fully saturated rings. The summed E-state index contributed by atoms with van der Waals surface area (Å²) in [6.45, 7) is 0. The summed E-state index contributed by atoms with van der Waals surface area (Å²) in [7, 11) is 8.91. The van der Waals surface area contributed by atoms with E-state index in [9.17, 15) is 4.79 Å². The summed E-state index contributed by atoms with van der Waals surface area (Å²) in [6.07, 6.45) is 0. The van der Waals surface area contributed by atoms with Crippen molar-refractivity contribution in [3.8, 4) is 0 Å². The molecule has 0 bridgehead atoms. The van der Waals surface area contributed by atoms with Crippen LogP contribution in [0, 0.1) is 0 Å². The van der Waals surface area contributed by atoms with Crippen LogP contribution in [0.5, 0.6) is 0 Å². The minimum atomic E-state index is -0.379. The zero-order chi connectivity index (χ0) is 16.9. The number of rotatable bonds is 3. The van der Waals surface area contributed by atoms with E-state index in [4.69, 9.17) is 29.2 Å². The summed E-state index contributed by atoms with van der Waals surface area (Å²) in [5.41, 5.74) is 0.484. The van der Waals surface area contributed by atoms with E-state index in [1.54, 1.807) is 12.1 Å². The number of hydrogen-bond acceptors (Lipinski definition) is 6. The van der Waals surface area contributed by atoms with Gasteiger partial charge in [-0.15, -0.1) is 0 Å². The van der Waals surface area contributed by atoms with Gasteiger partial charge in [0.15, 0.2) is 0 Å². The molecule has 1 aromatic rings. The summed E-state index contributed by atoms with van der Waals surface area (Å²) in [4.78, 5) is 17.3. The number of carbonyl (C=O) groups excluding carboxylic acids is 1. The molecule has 0 aromatic heterocycles. The number of carbonyl (C=O) groups is 1. The highest BCUT2D eigenvalue weighted by Gasteiger charge is 2.13. The lowest BCUT2D eigenvalue weighted by atomic mass is 10.2. The number of thiocarbonyl (C=S) groups is 2. The fourth-order valence-electron chi connectivity index (χ4n) is 1.31. The standard InChI is InChI=1S/C14H18N2O2S4/c1-15(2)13(19)21-10-6-9(12(17)18-5)7-11(8-10)22-14(20)16(3)4/h6-8H,1-5H3. The topological polar surface area (TPSA) is 32.8 Å². The van der Waals surface area contributed by atoms with Gasteiger partial charge in [0, 0.05) is 38.0 Å². The SMILES string of the molecule is COC(=O)c1cc(SC(=S)N(C)C)cc(SC(=S)N(C)C)c1. The zero-order valence-electron chi connectivity index (χ0n) is 13.1. The van der Waals surface area contributed by atoms with Crippen LogP contribution in [0.3, 0.4) is 0 Å². The maximum atomic E-state index is 11.8. The summed E-state index contributed by atoms with van der Waals surface area (Å²) < 4.78 is 6.24. The van der Waals surface area contributed by atoms with Gasteiger partial charge in [-0.25, -0.2) is 4.79 Å². The van der Waals surface area contributed by atoms with Gasteiger partial charge in [-0.1, -0.05) is 48.0 Å². The number of esters is 1. The van der Waals surface area contributed by atoms with Gasteiger partial charge >= 0.3 is 5.97 Å². The Morgan fingerprint density at radius 3 is 1.68 bits per heavy atom. The van der Waals surface area contributed by atoms with E-state index in [2.05, 4.69) is 0 Å². The molecule has 4 nitrogen and oxygen atoms in total. The zero-order valence-corrected chi connectivity index (χ0v) is 16.3. The largest absolute Gasteiger partial charge is 0.465 e. The molecule has 0 unspecified atom stereocenters. The molecule has 1 rings (SSSR count). The van der Waals surface area contributed by atoms with Crippen molar-refractivity contribution < 1.29 is 9.53 Å². The molecule has 1 aromatic carbocycles. The summed E-state index contributed by atoms with van der Waals surface area (Å²) in [5.74, 6) is -0.379. The maximum absolute atomic E-state index is 11.8. The third-order valence-corrected chi connectivity index (χ3v) is 5.69. The highest BCUT2D eigenvalue weighted by atomic mass is 32.2. The molecule has 0 spiro atoms. The van der Waals surface area contributed by atoms with Crippen LogP contribution in [-0.2, 0) is 4.74 Å². The van der Waals surface area contributed by atoms with Crippen molar-refractivity contribution in [1.82, 2.24) is 9.80 Å². The molecule has 0 aliphatic heterocycles. The third-order valence-electron chi connectivity index (χ3n) is 2.44. The third kappa shape index (κ3) is 5.75. The smallest absolute Gasteiger partial charge is 0.337 e. The van der Waals surface area contributed by atoms with Crippen LogP contribution in [0.4, 0.5) is 0 Å². The van der Waals surface area contributed by atoms with Gasteiger partial charge in [0.05, 0.1) is 12.7 Å². The van der Waals surface area contributed by atoms with E-state index in [-0.39, 0.29) is 5.97 Å². The first kappa shape index (κ1) is 19.2. The van der Waals surface area contributed by atoms with Crippen molar-refractivity contribution >= 4 is 62.6 Å². The summed E-state index contributed by atoms with van der Waals surface area (Å²) in [6, 6.07) is 5.51. The van der Waals surface area contributed by atoms with Crippen molar-refractivity contribution in [3.63, 3.8) is 0 Å². The molecule has 0 amide bonds. The second kappa shape index (κ2) is 8.71. The second-order valence-electron chi connectivity index (χ2n) is 4.71. The molecule has 8 heteroatoms. The van der Waals surface area contributed by atoms with Crippen LogP contribution in [-0.4, -0.2) is 59.7 Å². The lowest BCUT2D eigenvalue weighted by Crippen LogP contribution is -2.16. The average molecular weight is 375 g/mol. The number of hydrogen-bond donors (Lipinski definition) is 0. The molecule has 0 atom stereocenters. The van der Waals surface area contributed by atoms with Gasteiger partial charge in [-0.2, -0.15) is 0 Å². The van der Waals surface area contributed by atoms with Crippen molar-refractivity contribution in [1.29, 1.82) is 0 Å². The molecule has 0 N–H and O–H groups in total. The van der Waals surface area contributed by atoms with Crippen LogP contribution in [0.2, 0.25) is 0 Å². The van der Waals surface area contributed by atoms with Gasteiger partial charge in [0.1, 0.15) is 8.64 Å². The second-order valence-corrected chi connectivity index (χ2v) is 8.12. The number of thioether (sulfide) groups is 2. The minimum absolute atomic E-state index is 0.379. The Labute approximate surface area is 150 Å². The van der Waals surface area contributed by atoms with Crippen LogP contribution < -0.4 is 0 Å². The van der Waals surface area contributed by atoms with E-state index < -0.39 is 0 Å². The monoisotopic (exact) mass is 374 g/mol. The van der Waals surface area contributed by atoms with Gasteiger partial charge in [-0.05, 0) is 18.2 Å². The minimum Gasteiger partial charge on any atom is -0.465 e. The van der Waals surface area contributed by atoms with E-state index in [0.717, 1.165) is 9.79 Å². The van der Waals surface area contributed by atoms with Gasteiger partial charge in [-0.3, -0.25) is 0 Å². The fourth-order valence-corrected chi connectivity index (χ4v) is 3.47. The molecule has 0 saturated heterocycles. The van der Waals surface area contributed by atoms with E-state index in [1.807, 2.05) is 44.1 Å². The predicted molar refractivity (Wildman–Crippen MR) is 102 cm³/mol. The highest BCUT2D eigenvalue weighted by molar-refractivity contribution is 8.23. The first-order valence-electron chi connectivity index (χ1n) is 6.26. The molecule has 0 aliphatic carbocycles. The van der Waals surface area contributed by atoms with Crippen molar-refractivity contribution in [3.05, 3.63) is 23.8 Å². The Kier molecular flexibility index (Phi) is 7.61. The lowest BCUT2D eigenvalue weighted by molar-refractivity contribution is 0.0600. The van der Waals surface area contributed by atoms with Crippen molar-refractivity contribution in [2.75, 3.05) is 35.3 Å². The number of benzene rings is 1. The quantitative estimate of drug-likeness (QED) is 0.452. The van der Waals surface area contributed by atoms with Crippen molar-refractivity contribution in [2.45, 2.75) is 9.79 Å². The van der Waals surface area contributed by atoms with Crippen LogP contribution in [0.25, 0.3) is 0 Å². The Morgan fingerprint density at radius 2 is 1.36 bits per heavy atom. The maximum Gasteiger partial charge on any atom is 0.337 e. The fraction of sp³-hybridized carbons (Fsp3) is 0.357. The summed E-state index contributed by atoms with van der Waals surface area (Å²) >= 11 is 13.4. The van der Waals surface area contributed by atoms with Crippen LogP contribution in [0.15, 0.2) is 28.0 Å². The van der Waals surface area contributed by atoms with Gasteiger partial charge in [0.2, 0.25) is 0 Å². The predicted octanol–water partition coefficient (Wildman–Crippen LogP) is 3.35. The highest BCUT2D eigenvalue weighted by Crippen LogP contribution is 2.30. The normalized spacial score (nSPS) is 10.0. The molecule has 120 valence electrons. The van der Waals surface area contributed by atoms with E-state index in [1.165, 1.54) is 30.6 Å². The average Bonchev–Trinajstić information content (AvgIpc) is 2.45. The van der Waals surface area contributed by atoms with Gasteiger partial charge in [0.25, 0.3) is 0 Å². The Balaban J connectivity index is 3.13. The molecule has 0 radical (unpaired) electrons. The first-order chi connectivity index (χ1) is 10.2. The number of methoxy groups -OCH3 is 1. The lowest BCUT2D eigenvalue weighted by Gasteiger charge is -2.15. The Bertz CT molecular complexity index is 548. The molecule has 0 saturated carbocycles. The summed E-state index contributed by atoms with van der Waals surface area (Å²) in [5, 5.41) is 0. The molecule has 0 aliphatic rings. The van der Waals surface area contributed by atoms with E-state index in [0.29, 0.717) is 14.2 Å². The Hall–Kier alpha value is -0.830. The van der Waals surface area contributed by atoms with E-state index >= 15 is 0 Å². The molecular weight excluding hydrogens is 356 g/mol. The van der Waals surface area contributed by atoms with Crippen molar-refractivity contribution in [2.24, 2.45) is 0 Å².